The molecule has 1 saturated heterocycles. The number of morpholine rings is 1. The molecule has 106 valence electrons. The van der Waals surface area contributed by atoms with Gasteiger partial charge in [0.2, 0.25) is 5.91 Å². The third-order valence-corrected chi connectivity index (χ3v) is 3.01. The summed E-state index contributed by atoms with van der Waals surface area (Å²) >= 11 is 0. The van der Waals surface area contributed by atoms with Crippen molar-refractivity contribution in [1.82, 2.24) is 4.90 Å². The van der Waals surface area contributed by atoms with E-state index in [2.05, 4.69) is 0 Å². The van der Waals surface area contributed by atoms with Gasteiger partial charge in [-0.25, -0.2) is 9.18 Å². The minimum Gasteiger partial charge on any atom is -0.480 e. The van der Waals surface area contributed by atoms with E-state index >= 15 is 0 Å². The van der Waals surface area contributed by atoms with Crippen LogP contribution in [0.4, 0.5) is 4.39 Å². The van der Waals surface area contributed by atoms with Gasteiger partial charge in [-0.05, 0) is 12.1 Å². The van der Waals surface area contributed by atoms with Crippen LogP contribution in [0.5, 0.6) is 0 Å². The summed E-state index contributed by atoms with van der Waals surface area (Å²) in [5, 5.41) is 9.03. The minimum absolute atomic E-state index is 0.0331. The van der Waals surface area contributed by atoms with Crippen molar-refractivity contribution in [2.45, 2.75) is 6.04 Å². The van der Waals surface area contributed by atoms with E-state index < -0.39 is 23.7 Å². The van der Waals surface area contributed by atoms with Crippen molar-refractivity contribution in [3.63, 3.8) is 0 Å². The van der Waals surface area contributed by atoms with Crippen LogP contribution >= 0.6 is 0 Å². The van der Waals surface area contributed by atoms with Crippen molar-refractivity contribution >= 4 is 18.0 Å². The number of rotatable bonds is 3. The van der Waals surface area contributed by atoms with Gasteiger partial charge in [-0.3, -0.25) is 4.79 Å². The van der Waals surface area contributed by atoms with Crippen LogP contribution in [0.25, 0.3) is 6.08 Å². The van der Waals surface area contributed by atoms with Crippen LogP contribution < -0.4 is 0 Å². The zero-order chi connectivity index (χ0) is 14.5. The Balaban J connectivity index is 2.10. The van der Waals surface area contributed by atoms with Gasteiger partial charge in [-0.1, -0.05) is 18.2 Å². The lowest BCUT2D eigenvalue weighted by Crippen LogP contribution is -2.52. The number of carboxylic acid groups (broad SMARTS) is 1. The summed E-state index contributed by atoms with van der Waals surface area (Å²) in [6.45, 7) is 0.467. The van der Waals surface area contributed by atoms with Gasteiger partial charge in [-0.15, -0.1) is 0 Å². The maximum Gasteiger partial charge on any atom is 0.328 e. The van der Waals surface area contributed by atoms with E-state index in [-0.39, 0.29) is 18.7 Å². The van der Waals surface area contributed by atoms with Gasteiger partial charge in [-0.2, -0.15) is 0 Å². The number of hydrogen-bond donors (Lipinski definition) is 1. The van der Waals surface area contributed by atoms with Crippen LogP contribution in [0.15, 0.2) is 30.3 Å². The Morgan fingerprint density at radius 2 is 2.15 bits per heavy atom. The number of ether oxygens (including phenoxy) is 1. The molecule has 1 atom stereocenters. The molecule has 1 aromatic carbocycles. The lowest BCUT2D eigenvalue weighted by molar-refractivity contribution is -0.156. The normalized spacial score (nSPS) is 19.2. The number of benzene rings is 1. The molecule has 0 radical (unpaired) electrons. The first-order valence-electron chi connectivity index (χ1n) is 6.13. The molecule has 1 N–H and O–H groups in total. The molecule has 1 aliphatic heterocycles. The van der Waals surface area contributed by atoms with E-state index in [1.807, 2.05) is 0 Å². The predicted molar refractivity (Wildman–Crippen MR) is 69.4 cm³/mol. The van der Waals surface area contributed by atoms with Gasteiger partial charge in [0.1, 0.15) is 5.82 Å². The monoisotopic (exact) mass is 279 g/mol. The number of amides is 1. The molecule has 20 heavy (non-hydrogen) atoms. The van der Waals surface area contributed by atoms with Crippen molar-refractivity contribution in [2.75, 3.05) is 19.8 Å². The molecule has 5 nitrogen and oxygen atoms in total. The Morgan fingerprint density at radius 3 is 2.85 bits per heavy atom. The van der Waals surface area contributed by atoms with Gasteiger partial charge in [0.25, 0.3) is 0 Å². The zero-order valence-electron chi connectivity index (χ0n) is 10.7. The number of hydrogen-bond acceptors (Lipinski definition) is 3. The topological polar surface area (TPSA) is 66.8 Å². The number of halogens is 1. The molecular formula is C14H14FNO4. The third-order valence-electron chi connectivity index (χ3n) is 3.01. The van der Waals surface area contributed by atoms with E-state index in [9.17, 15) is 14.0 Å². The third kappa shape index (κ3) is 3.21. The van der Waals surface area contributed by atoms with E-state index in [0.717, 1.165) is 0 Å². The zero-order valence-corrected chi connectivity index (χ0v) is 10.7. The summed E-state index contributed by atoms with van der Waals surface area (Å²) in [5.74, 6) is -2.02. The SMILES string of the molecule is O=C(O)C1COCCN1C(=O)/C=C/c1ccccc1F. The van der Waals surface area contributed by atoms with E-state index in [0.29, 0.717) is 6.61 Å². The summed E-state index contributed by atoms with van der Waals surface area (Å²) in [4.78, 5) is 24.2. The van der Waals surface area contributed by atoms with Crippen LogP contribution in [0.2, 0.25) is 0 Å². The lowest BCUT2D eigenvalue weighted by atomic mass is 10.2. The highest BCUT2D eigenvalue weighted by Gasteiger charge is 2.31. The van der Waals surface area contributed by atoms with Gasteiger partial charge in [0.15, 0.2) is 6.04 Å². The minimum atomic E-state index is -1.11. The van der Waals surface area contributed by atoms with Gasteiger partial charge < -0.3 is 14.7 Å². The molecule has 0 saturated carbocycles. The summed E-state index contributed by atoms with van der Waals surface area (Å²) in [6, 6.07) is 5.03. The first-order valence-corrected chi connectivity index (χ1v) is 6.13. The number of carboxylic acids is 1. The van der Waals surface area contributed by atoms with Crippen molar-refractivity contribution in [3.8, 4) is 0 Å². The number of nitrogens with zero attached hydrogens (tertiary/aromatic N) is 1. The average molecular weight is 279 g/mol. The molecule has 6 heteroatoms. The molecular weight excluding hydrogens is 265 g/mol. The summed E-state index contributed by atoms with van der Waals surface area (Å²) in [6.07, 6.45) is 2.52. The molecule has 0 spiro atoms. The van der Waals surface area contributed by atoms with Gasteiger partial charge in [0.05, 0.1) is 13.2 Å². The van der Waals surface area contributed by atoms with Crippen molar-refractivity contribution in [1.29, 1.82) is 0 Å². The highest BCUT2D eigenvalue weighted by atomic mass is 19.1. The fourth-order valence-corrected chi connectivity index (χ4v) is 1.94. The Bertz CT molecular complexity index is 544. The summed E-state index contributed by atoms with van der Waals surface area (Å²) in [5.41, 5.74) is 0.279. The van der Waals surface area contributed by atoms with Crippen LogP contribution in [0.3, 0.4) is 0 Å². The molecule has 1 amide bonds. The largest absolute Gasteiger partial charge is 0.480 e. The van der Waals surface area contributed by atoms with Crippen LogP contribution in [-0.4, -0.2) is 47.7 Å². The quantitative estimate of drug-likeness (QED) is 0.843. The van der Waals surface area contributed by atoms with Crippen LogP contribution in [0, 0.1) is 5.82 Å². The second kappa shape index (κ2) is 6.29. The summed E-state index contributed by atoms with van der Waals surface area (Å²) in [7, 11) is 0. The fraction of sp³-hybridized carbons (Fsp3) is 0.286. The van der Waals surface area contributed by atoms with Gasteiger partial charge >= 0.3 is 5.97 Å². The van der Waals surface area contributed by atoms with Crippen molar-refractivity contribution in [2.24, 2.45) is 0 Å². The number of carbonyl (C=O) groups excluding carboxylic acids is 1. The average Bonchev–Trinajstić information content (AvgIpc) is 2.46. The van der Waals surface area contributed by atoms with Crippen molar-refractivity contribution in [3.05, 3.63) is 41.7 Å². The standard InChI is InChI=1S/C14H14FNO4/c15-11-4-2-1-3-10(11)5-6-13(17)16-7-8-20-9-12(16)14(18)19/h1-6,12H,7-9H2,(H,18,19)/b6-5+. The van der Waals surface area contributed by atoms with Gasteiger partial charge in [0, 0.05) is 18.2 Å². The Kier molecular flexibility index (Phi) is 4.47. The second-order valence-electron chi connectivity index (χ2n) is 4.32. The summed E-state index contributed by atoms with van der Waals surface area (Å²) < 4.78 is 18.4. The maximum absolute atomic E-state index is 13.4. The molecule has 1 aromatic rings. The van der Waals surface area contributed by atoms with E-state index in [4.69, 9.17) is 9.84 Å². The molecule has 2 rings (SSSR count). The lowest BCUT2D eigenvalue weighted by Gasteiger charge is -2.31. The molecule has 0 aliphatic carbocycles. The van der Waals surface area contributed by atoms with Crippen LogP contribution in [-0.2, 0) is 14.3 Å². The molecule has 0 bridgehead atoms. The Labute approximate surface area is 115 Å². The maximum atomic E-state index is 13.4. The number of aliphatic carboxylic acids is 1. The fourth-order valence-electron chi connectivity index (χ4n) is 1.94. The first kappa shape index (κ1) is 14.2. The Hall–Kier alpha value is -2.21. The molecule has 1 unspecified atom stereocenters. The predicted octanol–water partition coefficient (Wildman–Crippen LogP) is 1.15. The van der Waals surface area contributed by atoms with Crippen LogP contribution in [0.1, 0.15) is 5.56 Å². The molecule has 1 aliphatic rings. The highest BCUT2D eigenvalue weighted by molar-refractivity contribution is 5.94. The smallest absolute Gasteiger partial charge is 0.328 e. The molecule has 1 fully saturated rings. The van der Waals surface area contributed by atoms with E-state index in [1.54, 1.807) is 12.1 Å². The highest BCUT2D eigenvalue weighted by Crippen LogP contribution is 2.11. The number of carbonyl (C=O) groups is 2. The van der Waals surface area contributed by atoms with E-state index in [1.165, 1.54) is 29.2 Å². The Morgan fingerprint density at radius 1 is 1.40 bits per heavy atom. The second-order valence-corrected chi connectivity index (χ2v) is 4.32. The first-order chi connectivity index (χ1) is 9.59. The molecule has 1 heterocycles. The molecule has 0 aromatic heterocycles. The van der Waals surface area contributed by atoms with Crippen molar-refractivity contribution < 1.29 is 23.8 Å².